The van der Waals surface area contributed by atoms with Crippen LogP contribution in [0.25, 0.3) is 0 Å². The zero-order valence-corrected chi connectivity index (χ0v) is 29.2. The Morgan fingerprint density at radius 1 is 0.286 bits per heavy atom. The first-order chi connectivity index (χ1) is 19.9. The molecule has 213 valence electrons. The Hall–Kier alpha value is -2.98. The van der Waals surface area contributed by atoms with E-state index in [0.717, 1.165) is 0 Å². The van der Waals surface area contributed by atoms with Gasteiger partial charge in [0.2, 0.25) is 0 Å². The molecule has 6 aromatic carbocycles. The van der Waals surface area contributed by atoms with Crippen molar-refractivity contribution >= 4 is 62.2 Å². The molecule has 0 heterocycles. The standard InChI is InChI=1S/2C18H15As.CH2O.ClH.Rh/c2*1-4-10-16(11-5-1)19(17-12-6-2-7-13-17)18-14-8-3-9-15-18;1-2;;/h2*1-15H;1H2;1H;/p-1. The predicted octanol–water partition coefficient (Wildman–Crippen LogP) is 1.22. The molecule has 6 aromatic rings. The average Bonchev–Trinajstić information content (AvgIpc) is 3.06. The zero-order chi connectivity index (χ0) is 27.8. The van der Waals surface area contributed by atoms with Gasteiger partial charge >= 0.3 is 237 Å². The van der Waals surface area contributed by atoms with Gasteiger partial charge in [0.25, 0.3) is 0 Å². The topological polar surface area (TPSA) is 17.1 Å². The summed E-state index contributed by atoms with van der Waals surface area (Å²) in [6, 6.07) is 65.4. The zero-order valence-electron chi connectivity index (χ0n) is 23.0. The van der Waals surface area contributed by atoms with Gasteiger partial charge in [0.1, 0.15) is 6.79 Å². The van der Waals surface area contributed by atoms with Crippen LogP contribution < -0.4 is 38.5 Å². The van der Waals surface area contributed by atoms with Crippen LogP contribution in [0.5, 0.6) is 0 Å². The van der Waals surface area contributed by atoms with Crippen LogP contribution in [0.15, 0.2) is 182 Å². The Balaban J connectivity index is 0.000000265. The van der Waals surface area contributed by atoms with Crippen molar-refractivity contribution in [3.63, 3.8) is 0 Å². The van der Waals surface area contributed by atoms with Gasteiger partial charge in [-0.05, 0) is 0 Å². The molecule has 0 aromatic heterocycles. The first kappa shape index (κ1) is 35.2. The molecular formula is C37H32As2ClORh-. The molecule has 0 aliphatic heterocycles. The SMILES string of the molecule is C=O.[Cl-].[Rh].c1ccc([As](c2ccccc2)c2ccccc2)cc1.c1ccc([As](c2ccccc2)c2ccccc2)cc1. The molecule has 0 saturated carbocycles. The molecule has 1 nitrogen and oxygen atoms in total. The van der Waals surface area contributed by atoms with Crippen LogP contribution in [0.1, 0.15) is 0 Å². The third-order valence-electron chi connectivity index (χ3n) is 6.09. The van der Waals surface area contributed by atoms with Gasteiger partial charge in [-0.2, -0.15) is 0 Å². The summed E-state index contributed by atoms with van der Waals surface area (Å²) in [4.78, 5) is 8.00. The Morgan fingerprint density at radius 2 is 0.405 bits per heavy atom. The van der Waals surface area contributed by atoms with Crippen LogP contribution in [0.2, 0.25) is 0 Å². The summed E-state index contributed by atoms with van der Waals surface area (Å²) in [5.41, 5.74) is 0. The molecule has 0 aliphatic rings. The molecule has 0 unspecified atom stereocenters. The van der Waals surface area contributed by atoms with Crippen molar-refractivity contribution in [3.8, 4) is 0 Å². The molecular weight excluding hydrogens is 749 g/mol. The fraction of sp³-hybridized carbons (Fsp3) is 0. The Labute approximate surface area is 278 Å². The van der Waals surface area contributed by atoms with E-state index in [2.05, 4.69) is 182 Å². The minimum atomic E-state index is -1.39. The van der Waals surface area contributed by atoms with E-state index in [1.165, 1.54) is 26.1 Å². The second kappa shape index (κ2) is 20.0. The summed E-state index contributed by atoms with van der Waals surface area (Å²) < 4.78 is 8.87. The molecule has 5 heteroatoms. The summed E-state index contributed by atoms with van der Waals surface area (Å²) in [5, 5.41) is 0. The Kier molecular flexibility index (Phi) is 16.8. The van der Waals surface area contributed by atoms with Crippen molar-refractivity contribution in [1.29, 1.82) is 0 Å². The van der Waals surface area contributed by atoms with Crippen LogP contribution in [-0.4, -0.2) is 36.1 Å². The molecule has 0 fully saturated rings. The molecule has 0 aliphatic carbocycles. The van der Waals surface area contributed by atoms with Gasteiger partial charge in [-0.3, -0.25) is 0 Å². The van der Waals surface area contributed by atoms with Crippen LogP contribution in [0, 0.1) is 0 Å². The Morgan fingerprint density at radius 3 is 0.524 bits per heavy atom. The van der Waals surface area contributed by atoms with E-state index in [0.29, 0.717) is 0 Å². The first-order valence-corrected chi connectivity index (χ1v) is 18.7. The summed E-state index contributed by atoms with van der Waals surface area (Å²) in [6.45, 7) is 2.00. The quantitative estimate of drug-likeness (QED) is 0.233. The molecule has 42 heavy (non-hydrogen) atoms. The van der Waals surface area contributed by atoms with Gasteiger partial charge in [-0.1, -0.05) is 0 Å². The number of halogens is 1. The number of carbonyl (C=O) groups is 1. The van der Waals surface area contributed by atoms with Crippen molar-refractivity contribution in [1.82, 2.24) is 0 Å². The fourth-order valence-corrected chi connectivity index (χ4v) is 14.0. The normalized spacial score (nSPS) is 9.67. The van der Waals surface area contributed by atoms with Crippen LogP contribution in [0.4, 0.5) is 0 Å². The first-order valence-electron chi connectivity index (χ1n) is 13.1. The van der Waals surface area contributed by atoms with E-state index in [1.807, 2.05) is 6.79 Å². The third-order valence-corrected chi connectivity index (χ3v) is 16.3. The van der Waals surface area contributed by atoms with Crippen molar-refractivity contribution in [2.45, 2.75) is 0 Å². The monoisotopic (exact) mass is 780 g/mol. The minimum absolute atomic E-state index is 0. The Bertz CT molecular complexity index is 1200. The number of benzene rings is 6. The summed E-state index contributed by atoms with van der Waals surface area (Å²) in [6.07, 6.45) is 0. The third kappa shape index (κ3) is 10.1. The van der Waals surface area contributed by atoms with E-state index in [-0.39, 0.29) is 31.9 Å². The molecule has 6 rings (SSSR count). The van der Waals surface area contributed by atoms with Crippen molar-refractivity contribution in [2.75, 3.05) is 0 Å². The summed E-state index contributed by atoms with van der Waals surface area (Å²) >= 11 is -2.78. The van der Waals surface area contributed by atoms with Gasteiger partial charge in [0.05, 0.1) is 0 Å². The molecule has 0 amide bonds. The molecule has 1 radical (unpaired) electrons. The molecule has 0 atom stereocenters. The molecule has 0 saturated heterocycles. The number of hydrogen-bond donors (Lipinski definition) is 0. The molecule has 0 N–H and O–H groups in total. The maximum absolute atomic E-state index is 8.00. The van der Waals surface area contributed by atoms with Crippen LogP contribution in [0.3, 0.4) is 0 Å². The number of rotatable bonds is 6. The molecule has 0 spiro atoms. The van der Waals surface area contributed by atoms with Gasteiger partial charge in [-0.15, -0.1) is 0 Å². The second-order valence-corrected chi connectivity index (χ2v) is 18.0. The summed E-state index contributed by atoms with van der Waals surface area (Å²) in [5.74, 6) is 0. The van der Waals surface area contributed by atoms with Crippen molar-refractivity contribution in [2.24, 2.45) is 0 Å². The van der Waals surface area contributed by atoms with E-state index in [9.17, 15) is 0 Å². The van der Waals surface area contributed by atoms with Gasteiger partial charge in [-0.25, -0.2) is 0 Å². The van der Waals surface area contributed by atoms with Gasteiger partial charge < -0.3 is 17.2 Å². The van der Waals surface area contributed by atoms with Crippen molar-refractivity contribution in [3.05, 3.63) is 182 Å². The average molecular weight is 781 g/mol. The number of hydrogen-bond acceptors (Lipinski definition) is 1. The number of carbonyl (C=O) groups excluding carboxylic acids is 1. The molecule has 0 bridgehead atoms. The van der Waals surface area contributed by atoms with Crippen LogP contribution in [-0.2, 0) is 24.3 Å². The summed E-state index contributed by atoms with van der Waals surface area (Å²) in [7, 11) is 0. The van der Waals surface area contributed by atoms with Gasteiger partial charge in [0.15, 0.2) is 0 Å². The van der Waals surface area contributed by atoms with Gasteiger partial charge in [0, 0.05) is 19.5 Å². The van der Waals surface area contributed by atoms with Crippen molar-refractivity contribution < 1.29 is 36.7 Å². The fourth-order valence-electron chi connectivity index (χ4n) is 4.36. The predicted molar refractivity (Wildman–Crippen MR) is 175 cm³/mol. The van der Waals surface area contributed by atoms with Crippen LogP contribution >= 0.6 is 0 Å². The maximum atomic E-state index is 8.00. The van der Waals surface area contributed by atoms with E-state index < -0.39 is 29.3 Å². The van der Waals surface area contributed by atoms with E-state index >= 15 is 0 Å². The van der Waals surface area contributed by atoms with E-state index in [1.54, 1.807) is 0 Å². The van der Waals surface area contributed by atoms with E-state index in [4.69, 9.17) is 4.79 Å². The second-order valence-electron chi connectivity index (χ2n) is 8.68.